The predicted octanol–water partition coefficient (Wildman–Crippen LogP) is 4.29. The molecule has 0 saturated carbocycles. The van der Waals surface area contributed by atoms with E-state index in [4.69, 9.17) is 0 Å². The molecule has 1 aromatic carbocycles. The summed E-state index contributed by atoms with van der Waals surface area (Å²) in [6.07, 6.45) is 8.01. The fourth-order valence-electron chi connectivity index (χ4n) is 4.96. The lowest BCUT2D eigenvalue weighted by atomic mass is 9.74. The van der Waals surface area contributed by atoms with Crippen LogP contribution < -0.4 is 10.6 Å². The number of hydrogen-bond acceptors (Lipinski definition) is 3. The number of imide groups is 1. The molecule has 0 spiro atoms. The molecular formula is C25H37N3O2. The first-order valence-electron chi connectivity index (χ1n) is 11.4. The summed E-state index contributed by atoms with van der Waals surface area (Å²) in [6.45, 7) is 9.74. The Bertz CT molecular complexity index is 749. The SMILES string of the molecule is CC(C)=CCC[C@@H](C)CN1CCC([C@@]2(CCc3ccccc3)NC(=O)NC2=O)CC1. The van der Waals surface area contributed by atoms with Crippen LogP contribution >= 0.6 is 0 Å². The maximum atomic E-state index is 12.8. The van der Waals surface area contributed by atoms with Gasteiger partial charge in [-0.25, -0.2) is 4.79 Å². The van der Waals surface area contributed by atoms with Gasteiger partial charge in [0.2, 0.25) is 0 Å². The summed E-state index contributed by atoms with van der Waals surface area (Å²) in [7, 11) is 0. The van der Waals surface area contributed by atoms with E-state index in [1.807, 2.05) is 18.2 Å². The Balaban J connectivity index is 1.57. The van der Waals surface area contributed by atoms with Gasteiger partial charge in [0.05, 0.1) is 0 Å². The number of aryl methyl sites for hydroxylation is 1. The molecule has 2 saturated heterocycles. The van der Waals surface area contributed by atoms with E-state index in [0.29, 0.717) is 12.3 Å². The van der Waals surface area contributed by atoms with Gasteiger partial charge in [0.1, 0.15) is 5.54 Å². The summed E-state index contributed by atoms with van der Waals surface area (Å²) >= 11 is 0. The fraction of sp³-hybridized carbons (Fsp3) is 0.600. The molecule has 30 heavy (non-hydrogen) atoms. The van der Waals surface area contributed by atoms with Crippen molar-refractivity contribution >= 4 is 11.9 Å². The van der Waals surface area contributed by atoms with Crippen LogP contribution in [-0.2, 0) is 11.2 Å². The average Bonchev–Trinajstić information content (AvgIpc) is 3.01. The zero-order chi connectivity index (χ0) is 21.6. The highest BCUT2D eigenvalue weighted by Crippen LogP contribution is 2.35. The standard InChI is InChI=1S/C25H37N3O2/c1-19(2)8-7-9-20(3)18-28-16-13-22(14-17-28)25(23(29)26-24(30)27-25)15-12-21-10-5-4-6-11-21/h4-6,8,10-11,20,22H,7,9,12-18H2,1-3H3,(H2,26,27,29,30)/t20-,25-/m1/s1. The van der Waals surface area contributed by atoms with Crippen LogP contribution in [0.2, 0.25) is 0 Å². The third-order valence-electron chi connectivity index (χ3n) is 6.69. The molecule has 164 valence electrons. The Labute approximate surface area is 181 Å². The Kier molecular flexibility index (Phi) is 7.70. The number of allylic oxidation sites excluding steroid dienone is 2. The predicted molar refractivity (Wildman–Crippen MR) is 121 cm³/mol. The van der Waals surface area contributed by atoms with Crippen LogP contribution in [0, 0.1) is 11.8 Å². The molecule has 2 atom stereocenters. The highest BCUT2D eigenvalue weighted by molar-refractivity contribution is 6.07. The molecule has 2 aliphatic rings. The highest BCUT2D eigenvalue weighted by Gasteiger charge is 2.51. The minimum absolute atomic E-state index is 0.142. The van der Waals surface area contributed by atoms with Crippen molar-refractivity contribution in [3.8, 4) is 0 Å². The molecule has 2 aliphatic heterocycles. The molecule has 3 amide bonds. The van der Waals surface area contributed by atoms with Gasteiger partial charge in [-0.15, -0.1) is 0 Å². The van der Waals surface area contributed by atoms with Crippen molar-refractivity contribution in [1.82, 2.24) is 15.5 Å². The third-order valence-corrected chi connectivity index (χ3v) is 6.69. The second-order valence-corrected chi connectivity index (χ2v) is 9.40. The molecule has 0 bridgehead atoms. The molecule has 1 aromatic rings. The maximum absolute atomic E-state index is 12.8. The van der Waals surface area contributed by atoms with E-state index in [9.17, 15) is 9.59 Å². The molecule has 5 heteroatoms. The highest BCUT2D eigenvalue weighted by atomic mass is 16.2. The van der Waals surface area contributed by atoms with Crippen molar-refractivity contribution in [2.24, 2.45) is 11.8 Å². The molecule has 2 heterocycles. The summed E-state index contributed by atoms with van der Waals surface area (Å²) in [5.74, 6) is 0.709. The van der Waals surface area contributed by atoms with Gasteiger partial charge >= 0.3 is 6.03 Å². The van der Waals surface area contributed by atoms with E-state index in [0.717, 1.165) is 45.3 Å². The molecule has 5 nitrogen and oxygen atoms in total. The maximum Gasteiger partial charge on any atom is 0.322 e. The molecule has 0 aliphatic carbocycles. The molecule has 0 unspecified atom stereocenters. The minimum atomic E-state index is -0.770. The summed E-state index contributed by atoms with van der Waals surface area (Å²) in [6, 6.07) is 9.87. The van der Waals surface area contributed by atoms with E-state index < -0.39 is 5.54 Å². The van der Waals surface area contributed by atoms with Crippen molar-refractivity contribution in [3.63, 3.8) is 0 Å². The van der Waals surface area contributed by atoms with Gasteiger partial charge in [-0.3, -0.25) is 10.1 Å². The van der Waals surface area contributed by atoms with E-state index >= 15 is 0 Å². The van der Waals surface area contributed by atoms with Crippen molar-refractivity contribution in [2.75, 3.05) is 19.6 Å². The van der Waals surface area contributed by atoms with Gasteiger partial charge in [0.25, 0.3) is 5.91 Å². The summed E-state index contributed by atoms with van der Waals surface area (Å²) < 4.78 is 0. The van der Waals surface area contributed by atoms with Crippen molar-refractivity contribution in [2.45, 2.75) is 64.8 Å². The fourth-order valence-corrected chi connectivity index (χ4v) is 4.96. The van der Waals surface area contributed by atoms with E-state index in [2.05, 4.69) is 54.5 Å². The first-order valence-corrected chi connectivity index (χ1v) is 11.4. The Morgan fingerprint density at radius 2 is 1.90 bits per heavy atom. The van der Waals surface area contributed by atoms with Crippen molar-refractivity contribution in [3.05, 3.63) is 47.5 Å². The monoisotopic (exact) mass is 411 g/mol. The van der Waals surface area contributed by atoms with Crippen LogP contribution in [-0.4, -0.2) is 42.0 Å². The largest absolute Gasteiger partial charge is 0.323 e. The lowest BCUT2D eigenvalue weighted by molar-refractivity contribution is -0.127. The summed E-state index contributed by atoms with van der Waals surface area (Å²) in [5.41, 5.74) is 1.82. The van der Waals surface area contributed by atoms with Crippen LogP contribution in [0.25, 0.3) is 0 Å². The Hall–Kier alpha value is -2.14. The van der Waals surface area contributed by atoms with Crippen LogP contribution in [0.1, 0.15) is 58.4 Å². The molecule has 0 aromatic heterocycles. The molecule has 2 N–H and O–H groups in total. The second kappa shape index (κ2) is 10.3. The molecule has 0 radical (unpaired) electrons. The van der Waals surface area contributed by atoms with Crippen LogP contribution in [0.4, 0.5) is 4.79 Å². The number of benzene rings is 1. The zero-order valence-corrected chi connectivity index (χ0v) is 18.7. The third kappa shape index (κ3) is 5.72. The average molecular weight is 412 g/mol. The van der Waals surface area contributed by atoms with Crippen molar-refractivity contribution in [1.29, 1.82) is 0 Å². The Morgan fingerprint density at radius 3 is 2.50 bits per heavy atom. The van der Waals surface area contributed by atoms with E-state index in [-0.39, 0.29) is 17.9 Å². The first-order chi connectivity index (χ1) is 14.4. The number of carbonyl (C=O) groups excluding carboxylic acids is 2. The normalized spacial score (nSPS) is 23.7. The van der Waals surface area contributed by atoms with E-state index in [1.165, 1.54) is 17.6 Å². The zero-order valence-electron chi connectivity index (χ0n) is 18.7. The quantitative estimate of drug-likeness (QED) is 0.471. The van der Waals surface area contributed by atoms with Gasteiger partial charge < -0.3 is 10.2 Å². The summed E-state index contributed by atoms with van der Waals surface area (Å²) in [4.78, 5) is 27.4. The number of hydrogen-bond donors (Lipinski definition) is 2. The second-order valence-electron chi connectivity index (χ2n) is 9.40. The number of nitrogens with zero attached hydrogens (tertiary/aromatic N) is 1. The van der Waals surface area contributed by atoms with Gasteiger partial charge in [-0.1, -0.05) is 48.9 Å². The number of rotatable bonds is 9. The van der Waals surface area contributed by atoms with Crippen LogP contribution in [0.15, 0.2) is 42.0 Å². The van der Waals surface area contributed by atoms with Crippen LogP contribution in [0.3, 0.4) is 0 Å². The van der Waals surface area contributed by atoms with Gasteiger partial charge in [0, 0.05) is 6.54 Å². The Morgan fingerprint density at radius 1 is 1.20 bits per heavy atom. The number of amides is 3. The lowest BCUT2D eigenvalue weighted by Crippen LogP contribution is -2.56. The summed E-state index contributed by atoms with van der Waals surface area (Å²) in [5, 5.41) is 5.54. The topological polar surface area (TPSA) is 61.4 Å². The number of nitrogens with one attached hydrogen (secondary N) is 2. The van der Waals surface area contributed by atoms with Crippen molar-refractivity contribution < 1.29 is 9.59 Å². The van der Waals surface area contributed by atoms with Gasteiger partial charge in [-0.2, -0.15) is 0 Å². The lowest BCUT2D eigenvalue weighted by Gasteiger charge is -2.41. The minimum Gasteiger partial charge on any atom is -0.323 e. The number of urea groups is 1. The number of likely N-dealkylation sites (tertiary alicyclic amines) is 1. The number of piperidine rings is 1. The van der Waals surface area contributed by atoms with E-state index in [1.54, 1.807) is 0 Å². The van der Waals surface area contributed by atoms with Crippen LogP contribution in [0.5, 0.6) is 0 Å². The molecular weight excluding hydrogens is 374 g/mol. The first kappa shape index (κ1) is 22.5. The molecule has 3 rings (SSSR count). The molecule has 2 fully saturated rings. The van der Waals surface area contributed by atoms with Gasteiger partial charge in [-0.05, 0) is 82.9 Å². The number of carbonyl (C=O) groups is 2. The van der Waals surface area contributed by atoms with Gasteiger partial charge in [0.15, 0.2) is 0 Å². The smallest absolute Gasteiger partial charge is 0.322 e.